The highest BCUT2D eigenvalue weighted by Gasteiger charge is 2.17. The second-order valence-electron chi connectivity index (χ2n) is 7.61. The monoisotopic (exact) mass is 508 g/mol. The van der Waals surface area contributed by atoms with Crippen molar-refractivity contribution < 1.29 is 14.3 Å². The maximum atomic E-state index is 12.5. The lowest BCUT2D eigenvalue weighted by atomic mass is 10.2. The van der Waals surface area contributed by atoms with E-state index < -0.39 is 0 Å². The van der Waals surface area contributed by atoms with E-state index in [-0.39, 0.29) is 18.3 Å². The third-order valence-electron chi connectivity index (χ3n) is 4.96. The van der Waals surface area contributed by atoms with Gasteiger partial charge in [0.15, 0.2) is 11.0 Å². The molecule has 0 bridgehead atoms. The fourth-order valence-corrected chi connectivity index (χ4v) is 4.14. The van der Waals surface area contributed by atoms with E-state index in [0.717, 1.165) is 22.7 Å². The molecule has 1 N–H and O–H groups in total. The van der Waals surface area contributed by atoms with Gasteiger partial charge in [-0.1, -0.05) is 41.1 Å². The zero-order chi connectivity index (χ0) is 24.6. The number of hydrogen-bond donors (Lipinski definition) is 1. The van der Waals surface area contributed by atoms with Gasteiger partial charge in [-0.15, -0.1) is 10.2 Å². The molecule has 4 aromatic rings. The van der Waals surface area contributed by atoms with Crippen molar-refractivity contribution in [2.45, 2.75) is 25.6 Å². The van der Waals surface area contributed by atoms with E-state index in [1.807, 2.05) is 66.9 Å². The summed E-state index contributed by atoms with van der Waals surface area (Å²) in [5.41, 5.74) is 2.69. The molecule has 35 heavy (non-hydrogen) atoms. The molecule has 1 aromatic heterocycles. The number of benzene rings is 3. The summed E-state index contributed by atoms with van der Waals surface area (Å²) in [5.74, 6) is 2.15. The zero-order valence-electron chi connectivity index (χ0n) is 19.4. The summed E-state index contributed by atoms with van der Waals surface area (Å²) in [4.78, 5) is 12.5. The molecule has 0 saturated carbocycles. The molecule has 0 aliphatic heterocycles. The number of carbonyl (C=O) groups excluding carboxylic acids is 1. The van der Waals surface area contributed by atoms with Gasteiger partial charge >= 0.3 is 0 Å². The highest BCUT2D eigenvalue weighted by molar-refractivity contribution is 7.99. The summed E-state index contributed by atoms with van der Waals surface area (Å²) in [5, 5.41) is 12.7. The molecule has 0 fully saturated rings. The van der Waals surface area contributed by atoms with E-state index in [0.29, 0.717) is 28.3 Å². The molecule has 0 saturated heterocycles. The normalized spacial score (nSPS) is 10.7. The van der Waals surface area contributed by atoms with Gasteiger partial charge in [0.2, 0.25) is 5.91 Å². The fourth-order valence-electron chi connectivity index (χ4n) is 3.25. The smallest absolute Gasteiger partial charge is 0.234 e. The molecule has 1 heterocycles. The Morgan fingerprint density at radius 1 is 0.943 bits per heavy atom. The van der Waals surface area contributed by atoms with Crippen molar-refractivity contribution >= 4 is 35.0 Å². The first-order valence-electron chi connectivity index (χ1n) is 11.1. The summed E-state index contributed by atoms with van der Waals surface area (Å²) in [7, 11) is 0. The second-order valence-corrected chi connectivity index (χ2v) is 8.99. The lowest BCUT2D eigenvalue weighted by Crippen LogP contribution is -2.14. The summed E-state index contributed by atoms with van der Waals surface area (Å²) in [6.07, 6.45) is 0. The number of nitrogens with zero attached hydrogens (tertiary/aromatic N) is 3. The minimum Gasteiger partial charge on any atom is -0.494 e. The average Bonchev–Trinajstić information content (AvgIpc) is 3.27. The fraction of sp³-hybridized carbons (Fsp3) is 0.192. The molecule has 1 amide bonds. The molecule has 0 atom stereocenters. The molecule has 180 valence electrons. The minimum atomic E-state index is -0.156. The summed E-state index contributed by atoms with van der Waals surface area (Å²) >= 11 is 7.21. The van der Waals surface area contributed by atoms with Crippen molar-refractivity contribution in [2.75, 3.05) is 17.7 Å². The third kappa shape index (κ3) is 6.77. The van der Waals surface area contributed by atoms with Gasteiger partial charge in [-0.2, -0.15) is 0 Å². The van der Waals surface area contributed by atoms with Crippen molar-refractivity contribution in [3.8, 4) is 17.2 Å². The van der Waals surface area contributed by atoms with E-state index >= 15 is 0 Å². The number of halogens is 1. The van der Waals surface area contributed by atoms with E-state index in [1.165, 1.54) is 11.8 Å². The number of aryl methyl sites for hydroxylation is 1. The van der Waals surface area contributed by atoms with Crippen LogP contribution in [0.25, 0.3) is 5.69 Å². The quantitative estimate of drug-likeness (QED) is 0.267. The summed E-state index contributed by atoms with van der Waals surface area (Å²) < 4.78 is 13.4. The number of amides is 1. The number of aromatic nitrogens is 3. The van der Waals surface area contributed by atoms with E-state index in [2.05, 4.69) is 15.5 Å². The van der Waals surface area contributed by atoms with Crippen molar-refractivity contribution in [3.05, 3.63) is 89.2 Å². The highest BCUT2D eigenvalue weighted by Crippen LogP contribution is 2.25. The molecule has 0 aliphatic rings. The van der Waals surface area contributed by atoms with Crippen LogP contribution in [0.4, 0.5) is 5.69 Å². The maximum Gasteiger partial charge on any atom is 0.234 e. The predicted molar refractivity (Wildman–Crippen MR) is 139 cm³/mol. The van der Waals surface area contributed by atoms with Gasteiger partial charge in [0.1, 0.15) is 18.1 Å². The topological polar surface area (TPSA) is 78.3 Å². The van der Waals surface area contributed by atoms with Gasteiger partial charge in [0.05, 0.1) is 12.4 Å². The van der Waals surface area contributed by atoms with Gasteiger partial charge in [0, 0.05) is 16.4 Å². The SMILES string of the molecule is CCOc1ccc(-n2c(COc3ccc(C)cc3)nnc2SCC(=O)Nc2ccc(Cl)cc2)cc1. The van der Waals surface area contributed by atoms with E-state index in [1.54, 1.807) is 24.3 Å². The van der Waals surface area contributed by atoms with Crippen LogP contribution in [-0.2, 0) is 11.4 Å². The Balaban J connectivity index is 1.51. The molecule has 7 nitrogen and oxygen atoms in total. The molecular formula is C26H25ClN4O3S. The van der Waals surface area contributed by atoms with Crippen molar-refractivity contribution in [1.82, 2.24) is 14.8 Å². The number of nitrogens with one attached hydrogen (secondary N) is 1. The molecule has 0 spiro atoms. The van der Waals surface area contributed by atoms with Crippen molar-refractivity contribution in [3.63, 3.8) is 0 Å². The molecule has 0 unspecified atom stereocenters. The van der Waals surface area contributed by atoms with Crippen LogP contribution in [0.1, 0.15) is 18.3 Å². The van der Waals surface area contributed by atoms with Gasteiger partial charge in [0.25, 0.3) is 0 Å². The predicted octanol–water partition coefficient (Wildman–Crippen LogP) is 5.94. The van der Waals surface area contributed by atoms with Crippen LogP contribution in [0.15, 0.2) is 78.0 Å². The van der Waals surface area contributed by atoms with E-state index in [9.17, 15) is 4.79 Å². The Kier molecular flexibility index (Phi) is 8.28. The lowest BCUT2D eigenvalue weighted by molar-refractivity contribution is -0.113. The van der Waals surface area contributed by atoms with Crippen LogP contribution in [-0.4, -0.2) is 33.0 Å². The Morgan fingerprint density at radius 3 is 2.29 bits per heavy atom. The number of ether oxygens (including phenoxy) is 2. The van der Waals surface area contributed by atoms with Crippen molar-refractivity contribution in [1.29, 1.82) is 0 Å². The molecular weight excluding hydrogens is 484 g/mol. The number of anilines is 1. The Hall–Kier alpha value is -3.49. The minimum absolute atomic E-state index is 0.156. The molecule has 0 radical (unpaired) electrons. The summed E-state index contributed by atoms with van der Waals surface area (Å²) in [6.45, 7) is 4.78. The van der Waals surface area contributed by atoms with Crippen LogP contribution in [0, 0.1) is 6.92 Å². The molecule has 9 heteroatoms. The van der Waals surface area contributed by atoms with Crippen LogP contribution in [0.5, 0.6) is 11.5 Å². The van der Waals surface area contributed by atoms with Crippen LogP contribution < -0.4 is 14.8 Å². The first kappa shape index (κ1) is 24.6. The number of hydrogen-bond acceptors (Lipinski definition) is 6. The van der Waals surface area contributed by atoms with Crippen LogP contribution >= 0.6 is 23.4 Å². The molecule has 0 aliphatic carbocycles. The maximum absolute atomic E-state index is 12.5. The van der Waals surface area contributed by atoms with Gasteiger partial charge in [-0.3, -0.25) is 9.36 Å². The largest absolute Gasteiger partial charge is 0.494 e. The van der Waals surface area contributed by atoms with Crippen molar-refractivity contribution in [2.24, 2.45) is 0 Å². The summed E-state index contributed by atoms with van der Waals surface area (Å²) in [6, 6.07) is 22.5. The molecule has 4 rings (SSSR count). The standard InChI is InChI=1S/C26H25ClN4O3S/c1-3-33-22-14-10-21(11-15-22)31-24(16-34-23-12-4-18(2)5-13-23)29-30-26(31)35-17-25(32)28-20-8-6-19(27)7-9-20/h4-15H,3,16-17H2,1-2H3,(H,28,32). The van der Waals surface area contributed by atoms with Gasteiger partial charge in [-0.05, 0) is 74.5 Å². The highest BCUT2D eigenvalue weighted by atomic mass is 35.5. The second kappa shape index (κ2) is 11.8. The van der Waals surface area contributed by atoms with Gasteiger partial charge < -0.3 is 14.8 Å². The third-order valence-corrected chi connectivity index (χ3v) is 6.14. The Morgan fingerprint density at radius 2 is 1.60 bits per heavy atom. The zero-order valence-corrected chi connectivity index (χ0v) is 21.0. The number of thioether (sulfide) groups is 1. The average molecular weight is 509 g/mol. The number of rotatable bonds is 10. The number of carbonyl (C=O) groups is 1. The lowest BCUT2D eigenvalue weighted by Gasteiger charge is -2.12. The first-order chi connectivity index (χ1) is 17.0. The first-order valence-corrected chi connectivity index (χ1v) is 12.4. The van der Waals surface area contributed by atoms with Crippen LogP contribution in [0.2, 0.25) is 5.02 Å². The van der Waals surface area contributed by atoms with Gasteiger partial charge in [-0.25, -0.2) is 0 Å². The van der Waals surface area contributed by atoms with E-state index in [4.69, 9.17) is 21.1 Å². The Bertz CT molecular complexity index is 1260. The Labute approximate surface area is 213 Å². The molecule has 3 aromatic carbocycles. The van der Waals surface area contributed by atoms with Crippen LogP contribution in [0.3, 0.4) is 0 Å².